The zero-order valence-corrected chi connectivity index (χ0v) is 13.5. The Morgan fingerprint density at radius 1 is 0.958 bits per heavy atom. The summed E-state index contributed by atoms with van der Waals surface area (Å²) in [7, 11) is 0. The molecule has 2 heterocycles. The number of halogens is 1. The van der Waals surface area contributed by atoms with E-state index in [1.54, 1.807) is 13.0 Å². The zero-order chi connectivity index (χ0) is 18.3. The lowest BCUT2D eigenvalue weighted by Gasteiger charge is -2.00. The van der Waals surface area contributed by atoms with Gasteiger partial charge in [0.05, 0.1) is 9.85 Å². The van der Waals surface area contributed by atoms with Crippen molar-refractivity contribution in [2.24, 2.45) is 0 Å². The highest BCUT2D eigenvalue weighted by atomic mass is 19.1. The fourth-order valence-electron chi connectivity index (χ4n) is 1.84. The summed E-state index contributed by atoms with van der Waals surface area (Å²) in [6, 6.07) is 5.67. The third-order valence-corrected chi connectivity index (χ3v) is 2.94. The Hall–Kier alpha value is -2.97. The second kappa shape index (κ2) is 8.61. The number of hydrogen-bond acceptors (Lipinski definition) is 6. The molecule has 0 saturated heterocycles. The number of nitrogens with zero attached hydrogens (tertiary/aromatic N) is 4. The number of rotatable bonds is 4. The van der Waals surface area contributed by atoms with Crippen molar-refractivity contribution in [2.75, 3.05) is 0 Å². The molecule has 0 amide bonds. The van der Waals surface area contributed by atoms with Crippen molar-refractivity contribution in [1.29, 1.82) is 0 Å². The van der Waals surface area contributed by atoms with Gasteiger partial charge in [0.1, 0.15) is 5.69 Å². The lowest BCUT2D eigenvalue weighted by molar-refractivity contribution is -0.388. The van der Waals surface area contributed by atoms with Gasteiger partial charge in [0.25, 0.3) is 11.6 Å². The van der Waals surface area contributed by atoms with E-state index < -0.39 is 16.6 Å². The molecule has 0 aliphatic rings. The summed E-state index contributed by atoms with van der Waals surface area (Å²) in [5.41, 5.74) is 1.39. The van der Waals surface area contributed by atoms with E-state index in [4.69, 9.17) is 0 Å². The number of hydrogen-bond donors (Lipinski definition) is 0. The lowest BCUT2D eigenvalue weighted by atomic mass is 10.2. The van der Waals surface area contributed by atoms with Gasteiger partial charge in [-0.05, 0) is 32.4 Å². The van der Waals surface area contributed by atoms with Crippen LogP contribution in [0.25, 0.3) is 0 Å². The minimum Gasteiger partial charge on any atom is -0.258 e. The molecule has 24 heavy (non-hydrogen) atoms. The first-order valence-electron chi connectivity index (χ1n) is 7.14. The average Bonchev–Trinajstić information content (AvgIpc) is 2.47. The summed E-state index contributed by atoms with van der Waals surface area (Å²) in [6.45, 7) is 5.38. The molecule has 2 aromatic rings. The fraction of sp³-hybridized carbons (Fsp3) is 0.333. The first kappa shape index (κ1) is 19.1. The SMILES string of the molecule is CCCc1nc(C)ccc1[N+](=O)[O-].Cc1ccc([N+](=O)[O-])c(F)n1. The molecule has 0 aliphatic carbocycles. The second-order valence-corrected chi connectivity index (χ2v) is 4.95. The molecular weight excluding hydrogens is 319 g/mol. The van der Waals surface area contributed by atoms with Crippen molar-refractivity contribution in [3.63, 3.8) is 0 Å². The van der Waals surface area contributed by atoms with Gasteiger partial charge >= 0.3 is 5.69 Å². The Bertz CT molecular complexity index is 752. The predicted molar refractivity (Wildman–Crippen MR) is 85.2 cm³/mol. The van der Waals surface area contributed by atoms with E-state index in [0.717, 1.165) is 18.2 Å². The van der Waals surface area contributed by atoms with Gasteiger partial charge in [0.15, 0.2) is 0 Å². The van der Waals surface area contributed by atoms with E-state index in [2.05, 4.69) is 9.97 Å². The lowest BCUT2D eigenvalue weighted by Crippen LogP contribution is -1.99. The molecule has 0 N–H and O–H groups in total. The van der Waals surface area contributed by atoms with Crippen LogP contribution in [0.3, 0.4) is 0 Å². The molecule has 0 aliphatic heterocycles. The molecular formula is C15H17FN4O4. The molecule has 128 valence electrons. The quantitative estimate of drug-likeness (QED) is 0.478. The smallest absolute Gasteiger partial charge is 0.258 e. The van der Waals surface area contributed by atoms with Crippen LogP contribution in [-0.2, 0) is 6.42 Å². The van der Waals surface area contributed by atoms with Crippen molar-refractivity contribution >= 4 is 11.4 Å². The van der Waals surface area contributed by atoms with Crippen LogP contribution in [0.4, 0.5) is 15.8 Å². The summed E-state index contributed by atoms with van der Waals surface area (Å²) < 4.78 is 12.5. The highest BCUT2D eigenvalue weighted by Crippen LogP contribution is 2.17. The molecule has 2 aromatic heterocycles. The van der Waals surface area contributed by atoms with Crippen LogP contribution in [0.15, 0.2) is 24.3 Å². The minimum atomic E-state index is -1.03. The topological polar surface area (TPSA) is 112 Å². The summed E-state index contributed by atoms with van der Waals surface area (Å²) in [5, 5.41) is 20.6. The van der Waals surface area contributed by atoms with Crippen molar-refractivity contribution in [2.45, 2.75) is 33.6 Å². The molecule has 0 spiro atoms. The van der Waals surface area contributed by atoms with Crippen molar-refractivity contribution < 1.29 is 14.2 Å². The molecule has 9 heteroatoms. The molecule has 0 radical (unpaired) electrons. The van der Waals surface area contributed by atoms with Crippen LogP contribution < -0.4 is 0 Å². The van der Waals surface area contributed by atoms with Crippen molar-refractivity contribution in [3.05, 3.63) is 67.5 Å². The third kappa shape index (κ3) is 5.34. The summed E-state index contributed by atoms with van der Waals surface area (Å²) in [4.78, 5) is 26.9. The molecule has 0 bridgehead atoms. The van der Waals surface area contributed by atoms with Gasteiger partial charge in [0, 0.05) is 23.5 Å². The van der Waals surface area contributed by atoms with Crippen LogP contribution in [0.2, 0.25) is 0 Å². The molecule has 0 unspecified atom stereocenters. The molecule has 0 atom stereocenters. The van der Waals surface area contributed by atoms with E-state index in [1.165, 1.54) is 12.1 Å². The van der Waals surface area contributed by atoms with Crippen molar-refractivity contribution in [1.82, 2.24) is 9.97 Å². The largest absolute Gasteiger partial charge is 0.323 e. The first-order chi connectivity index (χ1) is 11.3. The molecule has 2 rings (SSSR count). The van der Waals surface area contributed by atoms with E-state index in [0.29, 0.717) is 17.8 Å². The Balaban J connectivity index is 0.000000243. The van der Waals surface area contributed by atoms with Gasteiger partial charge in [-0.2, -0.15) is 4.39 Å². The average molecular weight is 336 g/mol. The van der Waals surface area contributed by atoms with E-state index in [9.17, 15) is 24.6 Å². The maximum Gasteiger partial charge on any atom is 0.323 e. The minimum absolute atomic E-state index is 0.132. The van der Waals surface area contributed by atoms with Crippen molar-refractivity contribution in [3.8, 4) is 0 Å². The third-order valence-electron chi connectivity index (χ3n) is 2.94. The molecule has 0 aromatic carbocycles. The highest BCUT2D eigenvalue weighted by Gasteiger charge is 2.14. The summed E-state index contributed by atoms with van der Waals surface area (Å²) in [5.74, 6) is -1.03. The molecule has 0 saturated carbocycles. The molecule has 8 nitrogen and oxygen atoms in total. The summed E-state index contributed by atoms with van der Waals surface area (Å²) in [6.07, 6.45) is 1.54. The highest BCUT2D eigenvalue weighted by molar-refractivity contribution is 5.36. The van der Waals surface area contributed by atoms with Gasteiger partial charge in [-0.1, -0.05) is 13.3 Å². The van der Waals surface area contributed by atoms with Gasteiger partial charge in [-0.3, -0.25) is 25.2 Å². The van der Waals surface area contributed by atoms with E-state index >= 15 is 0 Å². The van der Waals surface area contributed by atoms with E-state index in [-0.39, 0.29) is 10.6 Å². The fourth-order valence-corrected chi connectivity index (χ4v) is 1.84. The predicted octanol–water partition coefficient (Wildman–Crippen LogP) is 3.69. The number of nitro groups is 2. The van der Waals surface area contributed by atoms with Gasteiger partial charge in [-0.15, -0.1) is 0 Å². The van der Waals surface area contributed by atoms with Gasteiger partial charge in [-0.25, -0.2) is 4.98 Å². The number of pyridine rings is 2. The Labute approximate surface area is 137 Å². The maximum atomic E-state index is 12.5. The standard InChI is InChI=1S/C9H12N2O2.C6H5FN2O2/c1-3-4-8-9(11(12)13)6-5-7(2)10-8;1-4-2-3-5(9(10)11)6(7)8-4/h5-6H,3-4H2,1-2H3;2-3H,1H3. The second-order valence-electron chi connectivity index (χ2n) is 4.95. The maximum absolute atomic E-state index is 12.5. The van der Waals surface area contributed by atoms with Crippen LogP contribution in [0.1, 0.15) is 30.4 Å². The van der Waals surface area contributed by atoms with Crippen LogP contribution in [0, 0.1) is 40.0 Å². The van der Waals surface area contributed by atoms with Gasteiger partial charge < -0.3 is 0 Å². The Kier molecular flexibility index (Phi) is 6.84. The van der Waals surface area contributed by atoms with E-state index in [1.807, 2.05) is 13.8 Å². The number of aromatic nitrogens is 2. The zero-order valence-electron chi connectivity index (χ0n) is 13.5. The molecule has 0 fully saturated rings. The van der Waals surface area contributed by atoms with Crippen LogP contribution in [0.5, 0.6) is 0 Å². The Morgan fingerprint density at radius 3 is 1.92 bits per heavy atom. The first-order valence-corrected chi connectivity index (χ1v) is 7.14. The van der Waals surface area contributed by atoms with Crippen LogP contribution in [-0.4, -0.2) is 19.8 Å². The van der Waals surface area contributed by atoms with Gasteiger partial charge in [0.2, 0.25) is 0 Å². The summed E-state index contributed by atoms with van der Waals surface area (Å²) >= 11 is 0. The number of aryl methyl sites for hydroxylation is 3. The monoisotopic (exact) mass is 336 g/mol. The van der Waals surface area contributed by atoms with Crippen LogP contribution >= 0.6 is 0 Å². The Morgan fingerprint density at radius 2 is 1.46 bits per heavy atom. The normalized spacial score (nSPS) is 9.83.